The number of fused-ring (bicyclic) bond motifs is 1. The predicted molar refractivity (Wildman–Crippen MR) is 140 cm³/mol. The van der Waals surface area contributed by atoms with Crippen LogP contribution in [-0.4, -0.2) is 52.5 Å². The van der Waals surface area contributed by atoms with E-state index in [0.29, 0.717) is 9.21 Å². The largest absolute Gasteiger partial charge is 0.391 e. The van der Waals surface area contributed by atoms with Gasteiger partial charge in [-0.15, -0.1) is 11.3 Å². The summed E-state index contributed by atoms with van der Waals surface area (Å²) in [6.45, 7) is 0.827. The topological polar surface area (TPSA) is 154 Å². The normalized spacial score (nSPS) is 22.4. The first-order valence-electron chi connectivity index (χ1n) is 11.7. The summed E-state index contributed by atoms with van der Waals surface area (Å²) >= 11 is 7.86. The van der Waals surface area contributed by atoms with E-state index in [1.54, 1.807) is 0 Å². The molecular weight excluding hydrogens is 538 g/mol. The second-order valence-corrected chi connectivity index (χ2v) is 11.9. The number of thiophene rings is 1. The number of aryl methyl sites for hydroxylation is 1. The Balaban J connectivity index is 1.38. The molecule has 3 aromatic rings. The number of nitrogens with zero attached hydrogens (tertiary/aromatic N) is 2. The Labute approximate surface area is 223 Å². The first-order valence-corrected chi connectivity index (χ1v) is 14.3. The molecule has 1 aliphatic carbocycles. The molecule has 0 spiro atoms. The van der Waals surface area contributed by atoms with Crippen LogP contribution < -0.4 is 15.4 Å². The van der Waals surface area contributed by atoms with Crippen molar-refractivity contribution in [3.63, 3.8) is 0 Å². The van der Waals surface area contributed by atoms with E-state index >= 15 is 0 Å². The lowest BCUT2D eigenvalue weighted by atomic mass is 9.95. The molecule has 5 rings (SSSR count). The molecule has 3 atom stereocenters. The van der Waals surface area contributed by atoms with Crippen LogP contribution in [0, 0.1) is 6.04 Å². The Morgan fingerprint density at radius 2 is 2.05 bits per heavy atom. The summed E-state index contributed by atoms with van der Waals surface area (Å²) in [6, 6.07) is 9.55. The van der Waals surface area contributed by atoms with E-state index in [9.17, 15) is 18.3 Å². The van der Waals surface area contributed by atoms with Gasteiger partial charge in [-0.1, -0.05) is 35.9 Å². The fourth-order valence-electron chi connectivity index (χ4n) is 4.87. The Kier molecular flexibility index (Phi) is 7.59. The Morgan fingerprint density at radius 1 is 1.24 bits per heavy atom. The zero-order valence-electron chi connectivity index (χ0n) is 19.5. The number of anilines is 1. The number of hydrogen-bond donors (Lipinski definition) is 5. The van der Waals surface area contributed by atoms with Gasteiger partial charge in [0, 0.05) is 17.8 Å². The van der Waals surface area contributed by atoms with Crippen molar-refractivity contribution in [3.05, 3.63) is 80.4 Å². The van der Waals surface area contributed by atoms with Gasteiger partial charge in [0.05, 0.1) is 33.0 Å². The van der Waals surface area contributed by atoms with Crippen molar-refractivity contribution in [1.29, 1.82) is 0 Å². The lowest BCUT2D eigenvalue weighted by Crippen LogP contribution is -2.32. The maximum absolute atomic E-state index is 13.6. The quantitative estimate of drug-likeness (QED) is 0.216. The lowest BCUT2D eigenvalue weighted by molar-refractivity contribution is 0.104. The number of nitrogens with one attached hydrogen (secondary N) is 3. The van der Waals surface area contributed by atoms with Gasteiger partial charge < -0.3 is 15.7 Å². The second-order valence-electron chi connectivity index (χ2n) is 9.04. The fraction of sp³-hybridized carbons (Fsp3) is 0.333. The van der Waals surface area contributed by atoms with Crippen LogP contribution in [-0.2, 0) is 16.7 Å². The molecular formula is C24H25ClN5O5S2. The minimum atomic E-state index is -4.50. The molecule has 1 radical (unpaired) electrons. The van der Waals surface area contributed by atoms with Crippen LogP contribution in [0.1, 0.15) is 57.2 Å². The number of benzene rings is 1. The molecule has 2 aromatic heterocycles. The van der Waals surface area contributed by atoms with E-state index in [4.69, 9.17) is 16.2 Å². The van der Waals surface area contributed by atoms with Crippen molar-refractivity contribution in [1.82, 2.24) is 20.0 Å². The highest BCUT2D eigenvalue weighted by Gasteiger charge is 2.37. The second kappa shape index (κ2) is 10.7. The fourth-order valence-corrected chi connectivity index (χ4v) is 6.71. The summed E-state index contributed by atoms with van der Waals surface area (Å²) < 4.78 is 33.8. The van der Waals surface area contributed by atoms with Gasteiger partial charge >= 0.3 is 10.3 Å². The van der Waals surface area contributed by atoms with Gasteiger partial charge in [0.1, 0.15) is 12.1 Å². The van der Waals surface area contributed by atoms with Gasteiger partial charge in [0.25, 0.3) is 0 Å². The van der Waals surface area contributed by atoms with E-state index in [1.165, 1.54) is 29.4 Å². The monoisotopic (exact) mass is 562 g/mol. The van der Waals surface area contributed by atoms with Crippen LogP contribution in [0.15, 0.2) is 42.9 Å². The number of carbonyl (C=O) groups excluding carboxylic acids is 1. The van der Waals surface area contributed by atoms with Gasteiger partial charge in [-0.25, -0.2) is 9.97 Å². The molecule has 10 nitrogen and oxygen atoms in total. The molecule has 2 aliphatic rings. The molecule has 195 valence electrons. The number of aromatic nitrogens is 2. The van der Waals surface area contributed by atoms with Crippen molar-refractivity contribution >= 4 is 44.8 Å². The number of ketones is 1. The maximum Gasteiger partial charge on any atom is 0.334 e. The summed E-state index contributed by atoms with van der Waals surface area (Å²) in [5, 5.41) is 16.8. The summed E-state index contributed by atoms with van der Waals surface area (Å²) in [4.78, 5) is 22.2. The highest BCUT2D eigenvalue weighted by Crippen LogP contribution is 2.39. The maximum atomic E-state index is 13.6. The minimum Gasteiger partial charge on any atom is -0.391 e. The molecule has 1 aliphatic heterocycles. The van der Waals surface area contributed by atoms with Gasteiger partial charge in [-0.05, 0) is 49.4 Å². The average molecular weight is 563 g/mol. The number of aliphatic hydroxyl groups excluding tert-OH is 1. The average Bonchev–Trinajstić information content (AvgIpc) is 3.31. The summed E-state index contributed by atoms with van der Waals surface area (Å²) in [5.74, 6) is -0.0451. The molecule has 0 saturated heterocycles. The molecule has 0 amide bonds. The molecule has 0 unspecified atom stereocenters. The highest BCUT2D eigenvalue weighted by molar-refractivity contribution is 7.83. The van der Waals surface area contributed by atoms with Crippen molar-refractivity contribution in [2.75, 3.05) is 11.9 Å². The molecule has 5 N–H and O–H groups in total. The standard InChI is InChI=1S/C24H25ClN5O5S2/c25-23-16(21-15-6-2-1-4-13(15)5-3-7-27-21)10-20(36-23)22(32)17-11-26-12-28-24(17)29-14-8-18(19(31)9-14)30-37(33,34)35/h1-2,4,6,10-12,14,19,21,27,30-31H,3,5,7-9H2,(H,26,28,29)(H,33,34,35)/t14-,19+,21+/m1/s1. The smallest absolute Gasteiger partial charge is 0.334 e. The van der Waals surface area contributed by atoms with Gasteiger partial charge in [0.2, 0.25) is 5.78 Å². The highest BCUT2D eigenvalue weighted by atomic mass is 35.5. The van der Waals surface area contributed by atoms with E-state index in [1.807, 2.05) is 22.9 Å². The Morgan fingerprint density at radius 3 is 2.86 bits per heavy atom. The number of aliphatic hydroxyl groups is 1. The van der Waals surface area contributed by atoms with E-state index in [-0.39, 0.29) is 42.1 Å². The molecule has 0 bridgehead atoms. The minimum absolute atomic E-state index is 0.0628. The van der Waals surface area contributed by atoms with Crippen molar-refractivity contribution < 1.29 is 22.9 Å². The Hall–Kier alpha value is -2.45. The van der Waals surface area contributed by atoms with Crippen LogP contribution in [0.3, 0.4) is 0 Å². The van der Waals surface area contributed by atoms with Crippen LogP contribution in [0.5, 0.6) is 0 Å². The number of hydrogen-bond acceptors (Lipinski definition) is 9. The number of carbonyl (C=O) groups is 1. The van der Waals surface area contributed by atoms with E-state index in [2.05, 4.69) is 32.7 Å². The van der Waals surface area contributed by atoms with Crippen molar-refractivity contribution in [3.8, 4) is 0 Å². The van der Waals surface area contributed by atoms with Crippen LogP contribution in [0.25, 0.3) is 0 Å². The molecule has 1 fully saturated rings. The summed E-state index contributed by atoms with van der Waals surface area (Å²) in [6.07, 6.45) is 3.87. The number of rotatable bonds is 7. The lowest BCUT2D eigenvalue weighted by Gasteiger charge is -2.18. The van der Waals surface area contributed by atoms with Gasteiger partial charge in [-0.2, -0.15) is 13.1 Å². The molecule has 1 aromatic carbocycles. The zero-order chi connectivity index (χ0) is 26.2. The third-order valence-electron chi connectivity index (χ3n) is 6.52. The molecule has 13 heteroatoms. The zero-order valence-corrected chi connectivity index (χ0v) is 21.9. The Bertz CT molecular complexity index is 1420. The van der Waals surface area contributed by atoms with E-state index < -0.39 is 22.4 Å². The molecule has 1 saturated carbocycles. The van der Waals surface area contributed by atoms with Crippen LogP contribution in [0.2, 0.25) is 4.34 Å². The van der Waals surface area contributed by atoms with Gasteiger partial charge in [0.15, 0.2) is 0 Å². The molecule has 37 heavy (non-hydrogen) atoms. The molecule has 3 heterocycles. The summed E-state index contributed by atoms with van der Waals surface area (Å²) in [5.41, 5.74) is 3.47. The summed E-state index contributed by atoms with van der Waals surface area (Å²) in [7, 11) is -4.50. The number of halogens is 1. The van der Waals surface area contributed by atoms with Crippen LogP contribution in [0.4, 0.5) is 5.82 Å². The third kappa shape index (κ3) is 5.85. The SMILES string of the molecule is O=C(c1cc([C@H]2NCCCc3ccccc32)c(Cl)s1)c1cncnc1N[C@@H]1C[C](NS(=O)(=O)O)[C@@H](O)C1. The van der Waals surface area contributed by atoms with Gasteiger partial charge in [-0.3, -0.25) is 9.35 Å². The van der Waals surface area contributed by atoms with Crippen molar-refractivity contribution in [2.45, 2.75) is 43.9 Å². The first-order chi connectivity index (χ1) is 17.7. The van der Waals surface area contributed by atoms with Crippen LogP contribution >= 0.6 is 22.9 Å². The first kappa shape index (κ1) is 26.2. The third-order valence-corrected chi connectivity index (χ3v) is 8.43. The van der Waals surface area contributed by atoms with E-state index in [0.717, 1.165) is 30.5 Å². The predicted octanol–water partition coefficient (Wildman–Crippen LogP) is 2.91. The van der Waals surface area contributed by atoms with Crippen molar-refractivity contribution in [2.24, 2.45) is 0 Å².